The van der Waals surface area contributed by atoms with Gasteiger partial charge in [0.1, 0.15) is 11.7 Å². The molecule has 1 unspecified atom stereocenters. The van der Waals surface area contributed by atoms with E-state index in [4.69, 9.17) is 14.0 Å². The van der Waals surface area contributed by atoms with Gasteiger partial charge in [-0.3, -0.25) is 9.36 Å². The van der Waals surface area contributed by atoms with Gasteiger partial charge in [-0.25, -0.2) is 14.8 Å². The molecule has 1 atom stereocenters. The maximum Gasteiger partial charge on any atom is 0.376 e. The monoisotopic (exact) mass is 437 g/mol. The van der Waals surface area contributed by atoms with Crippen LogP contribution in [0.5, 0.6) is 0 Å². The van der Waals surface area contributed by atoms with E-state index in [0.29, 0.717) is 17.0 Å². The van der Waals surface area contributed by atoms with Crippen molar-refractivity contribution in [2.75, 3.05) is 19.8 Å². The molecule has 0 saturated carbocycles. The molecule has 0 bridgehead atoms. The molecule has 1 rings (SSSR count). The van der Waals surface area contributed by atoms with Crippen molar-refractivity contribution in [3.8, 4) is 0 Å². The van der Waals surface area contributed by atoms with E-state index < -0.39 is 24.8 Å². The fourth-order valence-corrected chi connectivity index (χ4v) is 4.77. The van der Waals surface area contributed by atoms with Gasteiger partial charge >= 0.3 is 5.97 Å². The third-order valence-electron chi connectivity index (χ3n) is 3.68. The highest BCUT2D eigenvalue weighted by atomic mass is 32.7. The summed E-state index contributed by atoms with van der Waals surface area (Å²) in [6.45, 7) is 2.43. The van der Waals surface area contributed by atoms with Crippen molar-refractivity contribution in [2.24, 2.45) is 5.92 Å². The van der Waals surface area contributed by atoms with E-state index in [1.165, 1.54) is 0 Å². The van der Waals surface area contributed by atoms with Crippen LogP contribution in [0.15, 0.2) is 30.3 Å². The average Bonchev–Trinajstić information content (AvgIpc) is 2.67. The van der Waals surface area contributed by atoms with Crippen LogP contribution in [0.4, 0.5) is 0 Å². The minimum atomic E-state index is -3.35. The van der Waals surface area contributed by atoms with Crippen LogP contribution in [0, 0.1) is 5.92 Å². The third-order valence-corrected chi connectivity index (χ3v) is 7.43. The minimum absolute atomic E-state index is 0. The number of ketones is 1. The van der Waals surface area contributed by atoms with E-state index in [-0.39, 0.29) is 32.6 Å². The lowest BCUT2D eigenvalue weighted by atomic mass is 10.1. The minimum Gasteiger partial charge on any atom is -0.460 e. The molecular formula is C17H28NO6PS2. The van der Waals surface area contributed by atoms with Gasteiger partial charge in [0.2, 0.25) is 0 Å². The standard InChI is InChI=1S/C17H26NO6PS.H2S/c1-4-14(5-2)13-22-17(20)16(19)12-18-25(21,26-24-23-6-3)15-10-8-7-9-11-15;/h7-11,14H,4-6,12-13H2,1-3H3,(H,18,21);1H2. The number of carbonyl (C=O) groups excluding carboxylic acids is 2. The smallest absolute Gasteiger partial charge is 0.376 e. The second-order valence-electron chi connectivity index (χ2n) is 5.48. The molecule has 0 aliphatic carbocycles. The third kappa shape index (κ3) is 9.27. The number of benzene rings is 1. The molecule has 10 heteroatoms. The first kappa shape index (κ1) is 26.2. The zero-order valence-electron chi connectivity index (χ0n) is 15.8. The summed E-state index contributed by atoms with van der Waals surface area (Å²) in [5, 5.41) is 3.08. The van der Waals surface area contributed by atoms with Gasteiger partial charge in [-0.2, -0.15) is 17.8 Å². The van der Waals surface area contributed by atoms with E-state index in [0.717, 1.165) is 12.8 Å². The number of hydrogen-bond donors (Lipinski definition) is 1. The van der Waals surface area contributed by atoms with Gasteiger partial charge in [-0.15, -0.1) is 0 Å². The summed E-state index contributed by atoms with van der Waals surface area (Å²) in [7, 11) is 0. The summed E-state index contributed by atoms with van der Waals surface area (Å²) in [4.78, 5) is 28.6. The molecule has 0 spiro atoms. The zero-order valence-corrected chi connectivity index (χ0v) is 18.5. The van der Waals surface area contributed by atoms with E-state index in [9.17, 15) is 14.2 Å². The summed E-state index contributed by atoms with van der Waals surface area (Å²) < 4.78 is 23.0. The van der Waals surface area contributed by atoms with Crippen LogP contribution >= 0.6 is 31.7 Å². The van der Waals surface area contributed by atoms with E-state index >= 15 is 0 Å². The molecular weight excluding hydrogens is 409 g/mol. The predicted octanol–water partition coefficient (Wildman–Crippen LogP) is 3.37. The summed E-state index contributed by atoms with van der Waals surface area (Å²) in [6.07, 6.45) is 1.73. The van der Waals surface area contributed by atoms with Gasteiger partial charge < -0.3 is 4.74 Å². The van der Waals surface area contributed by atoms with Gasteiger partial charge in [0, 0.05) is 5.30 Å². The quantitative estimate of drug-likeness (QED) is 0.0955. The van der Waals surface area contributed by atoms with Gasteiger partial charge in [-0.1, -0.05) is 44.9 Å². The largest absolute Gasteiger partial charge is 0.460 e. The average molecular weight is 438 g/mol. The summed E-state index contributed by atoms with van der Waals surface area (Å²) in [5.74, 6) is -1.49. The summed E-state index contributed by atoms with van der Waals surface area (Å²) >= 11 is 0.599. The Morgan fingerprint density at radius 2 is 1.78 bits per heavy atom. The first-order valence-electron chi connectivity index (χ1n) is 8.55. The van der Waals surface area contributed by atoms with E-state index in [1.807, 2.05) is 13.8 Å². The normalized spacial score (nSPS) is 12.9. The van der Waals surface area contributed by atoms with Crippen molar-refractivity contribution in [3.05, 3.63) is 30.3 Å². The molecule has 0 heterocycles. The second kappa shape index (κ2) is 14.2. The fourth-order valence-electron chi connectivity index (χ4n) is 1.94. The lowest BCUT2D eigenvalue weighted by Gasteiger charge is -2.17. The van der Waals surface area contributed by atoms with Crippen LogP contribution in [-0.4, -0.2) is 31.5 Å². The molecule has 0 saturated heterocycles. The molecule has 0 fully saturated rings. The number of nitrogens with one attached hydrogen (secondary N) is 1. The first-order valence-corrected chi connectivity index (χ1v) is 11.6. The topological polar surface area (TPSA) is 90.9 Å². The predicted molar refractivity (Wildman–Crippen MR) is 112 cm³/mol. The first-order chi connectivity index (χ1) is 12.5. The van der Waals surface area contributed by atoms with Crippen LogP contribution in [0.3, 0.4) is 0 Å². The second-order valence-corrected chi connectivity index (χ2v) is 9.69. The van der Waals surface area contributed by atoms with Crippen molar-refractivity contribution < 1.29 is 28.1 Å². The number of ether oxygens (including phenoxy) is 1. The number of carbonyl (C=O) groups is 2. The molecule has 0 amide bonds. The van der Waals surface area contributed by atoms with Crippen LogP contribution < -0.4 is 10.4 Å². The molecule has 1 aromatic rings. The van der Waals surface area contributed by atoms with Gasteiger partial charge in [0.05, 0.1) is 19.8 Å². The number of esters is 1. The Hall–Kier alpha value is -0.830. The molecule has 154 valence electrons. The highest BCUT2D eigenvalue weighted by Crippen LogP contribution is 2.54. The summed E-state index contributed by atoms with van der Waals surface area (Å²) in [5.41, 5.74) is 0. The van der Waals surface area contributed by atoms with E-state index in [2.05, 4.69) is 5.09 Å². The number of Topliss-reactive ketones (excluding diaryl/α,β-unsaturated/α-hetero) is 1. The Bertz CT molecular complexity index is 613. The SMILES string of the molecule is CCOOSP(=O)(NCC(=O)C(=O)OCC(CC)CC)c1ccccc1.S. The van der Waals surface area contributed by atoms with Crippen molar-refractivity contribution in [1.29, 1.82) is 0 Å². The lowest BCUT2D eigenvalue weighted by molar-refractivity contribution is -0.184. The Balaban J connectivity index is 0.00000676. The highest BCUT2D eigenvalue weighted by molar-refractivity contribution is 8.57. The lowest BCUT2D eigenvalue weighted by Crippen LogP contribution is -2.31. The van der Waals surface area contributed by atoms with Crippen molar-refractivity contribution >= 4 is 48.7 Å². The molecule has 1 aromatic carbocycles. The van der Waals surface area contributed by atoms with Crippen LogP contribution in [-0.2, 0) is 28.1 Å². The highest BCUT2D eigenvalue weighted by Gasteiger charge is 2.29. The molecule has 0 radical (unpaired) electrons. The summed E-state index contributed by atoms with van der Waals surface area (Å²) in [6, 6.07) is 8.51. The number of hydrogen-bond acceptors (Lipinski definition) is 7. The maximum absolute atomic E-state index is 13.1. The number of rotatable bonds is 13. The Morgan fingerprint density at radius 3 is 2.33 bits per heavy atom. The maximum atomic E-state index is 13.1. The Labute approximate surface area is 171 Å². The van der Waals surface area contributed by atoms with Gasteiger partial charge in [-0.05, 0) is 25.0 Å². The van der Waals surface area contributed by atoms with Crippen LogP contribution in [0.2, 0.25) is 0 Å². The van der Waals surface area contributed by atoms with Gasteiger partial charge in [0.25, 0.3) is 12.3 Å². The Kier molecular flexibility index (Phi) is 13.8. The fraction of sp³-hybridized carbons (Fsp3) is 0.529. The van der Waals surface area contributed by atoms with Crippen molar-refractivity contribution in [3.63, 3.8) is 0 Å². The molecule has 1 N–H and O–H groups in total. The molecule has 0 aliphatic heterocycles. The molecule has 27 heavy (non-hydrogen) atoms. The van der Waals surface area contributed by atoms with Crippen molar-refractivity contribution in [2.45, 2.75) is 33.6 Å². The van der Waals surface area contributed by atoms with Crippen LogP contribution in [0.25, 0.3) is 0 Å². The molecule has 0 aromatic heterocycles. The molecule has 0 aliphatic rings. The molecule has 7 nitrogen and oxygen atoms in total. The van der Waals surface area contributed by atoms with Gasteiger partial charge in [0.15, 0.2) is 0 Å². The van der Waals surface area contributed by atoms with E-state index in [1.54, 1.807) is 37.3 Å². The van der Waals surface area contributed by atoms with Crippen molar-refractivity contribution in [1.82, 2.24) is 5.09 Å². The van der Waals surface area contributed by atoms with Crippen LogP contribution in [0.1, 0.15) is 33.6 Å². The Morgan fingerprint density at radius 1 is 1.15 bits per heavy atom. The zero-order chi connectivity index (χ0) is 19.4.